The van der Waals surface area contributed by atoms with E-state index in [9.17, 15) is 17.6 Å². The normalized spacial score (nSPS) is 15.7. The lowest BCUT2D eigenvalue weighted by molar-refractivity contribution is 0.314. The first kappa shape index (κ1) is 25.4. The van der Waals surface area contributed by atoms with Gasteiger partial charge in [0.2, 0.25) is 16.0 Å². The first-order valence-electron chi connectivity index (χ1n) is 12.7. The van der Waals surface area contributed by atoms with Crippen LogP contribution in [0, 0.1) is 11.7 Å². The van der Waals surface area contributed by atoms with Crippen molar-refractivity contribution < 1.29 is 12.8 Å². The van der Waals surface area contributed by atoms with E-state index in [0.29, 0.717) is 50.3 Å². The second-order valence-electron chi connectivity index (χ2n) is 10.2. The Balaban J connectivity index is 1.45. The maximum Gasteiger partial charge on any atom is 0.277 e. The zero-order chi connectivity index (χ0) is 26.2. The van der Waals surface area contributed by atoms with Crippen LogP contribution in [0.4, 0.5) is 4.39 Å². The van der Waals surface area contributed by atoms with E-state index in [1.165, 1.54) is 16.8 Å². The minimum Gasteiger partial charge on any atom is -0.322 e. The summed E-state index contributed by atoms with van der Waals surface area (Å²) in [5.74, 6) is 0.344. The molecule has 1 saturated heterocycles. The maximum absolute atomic E-state index is 13.6. The van der Waals surface area contributed by atoms with Gasteiger partial charge in [0, 0.05) is 30.3 Å². The second-order valence-corrected chi connectivity index (χ2v) is 12.2. The lowest BCUT2D eigenvalue weighted by Gasteiger charge is -2.31. The molecular weight excluding hydrogens is 493 g/mol. The van der Waals surface area contributed by atoms with Crippen molar-refractivity contribution in [2.75, 3.05) is 18.8 Å². The summed E-state index contributed by atoms with van der Waals surface area (Å²) in [6.07, 6.45) is 2.32. The van der Waals surface area contributed by atoms with Crippen molar-refractivity contribution in [3.05, 3.63) is 81.5 Å². The number of rotatable bonds is 8. The van der Waals surface area contributed by atoms with Crippen LogP contribution < -0.4 is 5.56 Å². The van der Waals surface area contributed by atoms with Gasteiger partial charge in [-0.15, -0.1) is 0 Å². The number of para-hydroxylation sites is 2. The van der Waals surface area contributed by atoms with E-state index in [4.69, 9.17) is 0 Å². The number of fused-ring (bicyclic) bond motifs is 1. The quantitative estimate of drug-likeness (QED) is 0.361. The number of sulfonamides is 1. The first-order chi connectivity index (χ1) is 17.7. The lowest BCUT2D eigenvalue weighted by Crippen LogP contribution is -2.40. The molecule has 4 aromatic rings. The average Bonchev–Trinajstić information content (AvgIpc) is 3.44. The van der Waals surface area contributed by atoms with Gasteiger partial charge in [0.15, 0.2) is 0 Å². The number of aryl methyl sites for hydroxylation is 1. The van der Waals surface area contributed by atoms with E-state index in [1.54, 1.807) is 16.4 Å². The number of halogens is 1. The highest BCUT2D eigenvalue weighted by molar-refractivity contribution is 7.89. The molecule has 0 atom stereocenters. The van der Waals surface area contributed by atoms with Crippen molar-refractivity contribution in [2.45, 2.75) is 45.4 Å². The van der Waals surface area contributed by atoms with E-state index >= 15 is 0 Å². The van der Waals surface area contributed by atoms with E-state index in [1.807, 2.05) is 38.1 Å². The van der Waals surface area contributed by atoms with Crippen LogP contribution >= 0.6 is 0 Å². The summed E-state index contributed by atoms with van der Waals surface area (Å²) in [6, 6.07) is 13.9. The number of imidazole rings is 1. The minimum absolute atomic E-state index is 0.0204. The summed E-state index contributed by atoms with van der Waals surface area (Å²) in [5, 5.41) is 3.31. The Kier molecular flexibility index (Phi) is 7.04. The smallest absolute Gasteiger partial charge is 0.277 e. The van der Waals surface area contributed by atoms with Gasteiger partial charge in [0.25, 0.3) is 5.56 Å². The van der Waals surface area contributed by atoms with Gasteiger partial charge in [-0.1, -0.05) is 38.1 Å². The van der Waals surface area contributed by atoms with Crippen LogP contribution in [0.2, 0.25) is 0 Å². The molecular formula is C27H32FN5O3S. The molecule has 3 heterocycles. The fourth-order valence-electron chi connectivity index (χ4n) is 5.13. The van der Waals surface area contributed by atoms with Crippen LogP contribution in [0.3, 0.4) is 0 Å². The largest absolute Gasteiger partial charge is 0.322 e. The predicted molar refractivity (Wildman–Crippen MR) is 142 cm³/mol. The van der Waals surface area contributed by atoms with Crippen molar-refractivity contribution >= 4 is 21.1 Å². The fraction of sp³-hybridized carbons (Fsp3) is 0.407. The molecule has 0 aliphatic carbocycles. The standard InChI is InChI=1S/C27H32FN5O3S/c1-18(2)17-37(35,36)32-15-13-20(14-16-32)25-22(12-9-19-7-10-21(28)11-8-19)26(34)33(31-25)27-29-23-5-3-4-6-24(23)30-27/h3-8,10-11,18,20,31H,9,12-17H2,1-2H3,(H,29,30). The molecule has 0 unspecified atom stereocenters. The van der Waals surface area contributed by atoms with Crippen LogP contribution in [-0.4, -0.2) is 51.3 Å². The zero-order valence-corrected chi connectivity index (χ0v) is 21.9. The zero-order valence-electron chi connectivity index (χ0n) is 21.1. The highest BCUT2D eigenvalue weighted by atomic mass is 32.2. The van der Waals surface area contributed by atoms with Gasteiger partial charge in [-0.2, -0.15) is 4.68 Å². The van der Waals surface area contributed by atoms with Gasteiger partial charge in [0.1, 0.15) is 5.82 Å². The summed E-state index contributed by atoms with van der Waals surface area (Å²) >= 11 is 0. The number of hydrogen-bond acceptors (Lipinski definition) is 4. The minimum atomic E-state index is -3.30. The SMILES string of the molecule is CC(C)CS(=O)(=O)N1CCC(c2[nH]n(-c3nc4ccccc4[nH]3)c(=O)c2CCc2ccc(F)cc2)CC1. The summed E-state index contributed by atoms with van der Waals surface area (Å²) in [6.45, 7) is 4.66. The van der Waals surface area contributed by atoms with Gasteiger partial charge in [0.05, 0.1) is 16.8 Å². The molecule has 0 spiro atoms. The molecule has 37 heavy (non-hydrogen) atoms. The highest BCUT2D eigenvalue weighted by Crippen LogP contribution is 2.31. The molecule has 8 nitrogen and oxygen atoms in total. The Labute approximate surface area is 215 Å². The molecule has 1 aliphatic rings. The number of nitrogens with one attached hydrogen (secondary N) is 2. The van der Waals surface area contributed by atoms with E-state index in [-0.39, 0.29) is 29.0 Å². The third-order valence-corrected chi connectivity index (χ3v) is 9.22. The number of aromatic nitrogens is 4. The van der Waals surface area contributed by atoms with Gasteiger partial charge in [-0.3, -0.25) is 9.89 Å². The highest BCUT2D eigenvalue weighted by Gasteiger charge is 2.32. The number of piperidine rings is 1. The molecule has 2 N–H and O–H groups in total. The van der Waals surface area contributed by atoms with Gasteiger partial charge >= 0.3 is 0 Å². The molecule has 0 radical (unpaired) electrons. The van der Waals surface area contributed by atoms with Crippen molar-refractivity contribution in [1.29, 1.82) is 0 Å². The van der Waals surface area contributed by atoms with Gasteiger partial charge < -0.3 is 4.98 Å². The molecule has 0 saturated carbocycles. The summed E-state index contributed by atoms with van der Waals surface area (Å²) in [7, 11) is -3.30. The van der Waals surface area contributed by atoms with E-state index in [2.05, 4.69) is 15.1 Å². The molecule has 2 aromatic carbocycles. The van der Waals surface area contributed by atoms with Crippen molar-refractivity contribution in [1.82, 2.24) is 24.1 Å². The molecule has 10 heteroatoms. The van der Waals surface area contributed by atoms with Crippen molar-refractivity contribution in [3.63, 3.8) is 0 Å². The summed E-state index contributed by atoms with van der Waals surface area (Å²) < 4.78 is 41.9. The third-order valence-electron chi connectivity index (χ3n) is 6.98. The number of benzene rings is 2. The fourth-order valence-corrected chi connectivity index (χ4v) is 6.95. The summed E-state index contributed by atoms with van der Waals surface area (Å²) in [5.41, 5.74) is 3.85. The topological polar surface area (TPSA) is 104 Å². The number of hydrogen-bond donors (Lipinski definition) is 2. The third kappa shape index (κ3) is 5.40. The number of nitrogens with zero attached hydrogens (tertiary/aromatic N) is 3. The summed E-state index contributed by atoms with van der Waals surface area (Å²) in [4.78, 5) is 21.4. The number of aromatic amines is 2. The Morgan fingerprint density at radius 3 is 2.43 bits per heavy atom. The predicted octanol–water partition coefficient (Wildman–Crippen LogP) is 4.13. The van der Waals surface area contributed by atoms with Crippen LogP contribution in [0.1, 0.15) is 49.4 Å². The van der Waals surface area contributed by atoms with E-state index in [0.717, 1.165) is 22.3 Å². The van der Waals surface area contributed by atoms with Crippen molar-refractivity contribution in [2.24, 2.45) is 5.92 Å². The van der Waals surface area contributed by atoms with E-state index < -0.39 is 10.0 Å². The first-order valence-corrected chi connectivity index (χ1v) is 14.3. The van der Waals surface area contributed by atoms with Crippen LogP contribution in [0.5, 0.6) is 0 Å². The van der Waals surface area contributed by atoms with Gasteiger partial charge in [-0.25, -0.2) is 22.1 Å². The molecule has 1 aliphatic heterocycles. The van der Waals surface area contributed by atoms with Gasteiger partial charge in [-0.05, 0) is 61.4 Å². The van der Waals surface area contributed by atoms with Crippen LogP contribution in [0.15, 0.2) is 53.3 Å². The molecule has 1 fully saturated rings. The molecule has 0 bridgehead atoms. The second kappa shape index (κ2) is 10.3. The molecule has 0 amide bonds. The Morgan fingerprint density at radius 2 is 1.76 bits per heavy atom. The molecule has 2 aromatic heterocycles. The Morgan fingerprint density at radius 1 is 1.05 bits per heavy atom. The average molecular weight is 526 g/mol. The lowest BCUT2D eigenvalue weighted by atomic mass is 9.90. The Bertz CT molecular complexity index is 1510. The number of H-pyrrole nitrogens is 2. The van der Waals surface area contributed by atoms with Crippen LogP contribution in [-0.2, 0) is 22.9 Å². The maximum atomic E-state index is 13.6. The Hall–Kier alpha value is -3.24. The molecule has 5 rings (SSSR count). The van der Waals surface area contributed by atoms with Crippen molar-refractivity contribution in [3.8, 4) is 5.95 Å². The van der Waals surface area contributed by atoms with Crippen LogP contribution in [0.25, 0.3) is 17.0 Å². The molecule has 196 valence electrons. The monoisotopic (exact) mass is 525 g/mol.